The second-order valence-electron chi connectivity index (χ2n) is 5.82. The van der Waals surface area contributed by atoms with Crippen molar-refractivity contribution >= 4 is 49.7 Å². The molecular weight excluding hydrogens is 337 g/mol. The molecule has 25 heavy (non-hydrogen) atoms. The highest BCUT2D eigenvalue weighted by molar-refractivity contribution is 7.21. The van der Waals surface area contributed by atoms with Crippen molar-refractivity contribution in [1.29, 1.82) is 0 Å². The molecule has 0 atom stereocenters. The van der Waals surface area contributed by atoms with E-state index in [-0.39, 0.29) is 5.69 Å². The van der Waals surface area contributed by atoms with Crippen LogP contribution in [0, 0.1) is 12.7 Å². The van der Waals surface area contributed by atoms with Gasteiger partial charge in [0.15, 0.2) is 0 Å². The molecule has 0 aliphatic rings. The Hall–Kier alpha value is -2.99. The summed E-state index contributed by atoms with van der Waals surface area (Å²) in [7, 11) is 0. The molecule has 0 aliphatic carbocycles. The third-order valence-corrected chi connectivity index (χ3v) is 5.11. The minimum Gasteiger partial charge on any atom is -0.397 e. The van der Waals surface area contributed by atoms with E-state index in [9.17, 15) is 9.18 Å². The number of nitrogens with zero attached hydrogens (tertiary/aromatic N) is 1. The predicted molar refractivity (Wildman–Crippen MR) is 101 cm³/mol. The Morgan fingerprint density at radius 1 is 1.20 bits per heavy atom. The number of anilines is 2. The van der Waals surface area contributed by atoms with Crippen LogP contribution in [0.25, 0.3) is 21.1 Å². The minimum absolute atomic E-state index is 0.123. The summed E-state index contributed by atoms with van der Waals surface area (Å²) in [6.45, 7) is 2.01. The molecule has 4 nitrogen and oxygen atoms in total. The van der Waals surface area contributed by atoms with E-state index in [1.165, 1.54) is 23.5 Å². The van der Waals surface area contributed by atoms with E-state index in [4.69, 9.17) is 5.73 Å². The number of hydrogen-bond acceptors (Lipinski definition) is 4. The maximum atomic E-state index is 13.7. The number of nitrogens with one attached hydrogen (secondary N) is 1. The molecule has 6 heteroatoms. The van der Waals surface area contributed by atoms with E-state index in [1.807, 2.05) is 31.2 Å². The Kier molecular flexibility index (Phi) is 3.62. The lowest BCUT2D eigenvalue weighted by atomic mass is 10.1. The lowest BCUT2D eigenvalue weighted by Gasteiger charge is -2.05. The predicted octanol–water partition coefficient (Wildman–Crippen LogP) is 4.73. The van der Waals surface area contributed by atoms with E-state index >= 15 is 0 Å². The number of aromatic nitrogens is 1. The van der Waals surface area contributed by atoms with Crippen molar-refractivity contribution in [2.45, 2.75) is 6.92 Å². The van der Waals surface area contributed by atoms with Gasteiger partial charge in [0.25, 0.3) is 5.91 Å². The number of nitrogen functional groups attached to an aromatic ring is 1. The third kappa shape index (κ3) is 2.70. The van der Waals surface area contributed by atoms with Gasteiger partial charge in [-0.1, -0.05) is 23.8 Å². The summed E-state index contributed by atoms with van der Waals surface area (Å²) in [5, 5.41) is 4.28. The number of benzene rings is 2. The highest BCUT2D eigenvalue weighted by Gasteiger charge is 2.19. The number of amides is 1. The summed E-state index contributed by atoms with van der Waals surface area (Å²) >= 11 is 1.21. The molecule has 0 aliphatic heterocycles. The number of halogens is 1. The monoisotopic (exact) mass is 351 g/mol. The lowest BCUT2D eigenvalue weighted by molar-refractivity contribution is 0.103. The van der Waals surface area contributed by atoms with Crippen LogP contribution in [0.15, 0.2) is 48.5 Å². The average molecular weight is 351 g/mol. The van der Waals surface area contributed by atoms with Gasteiger partial charge in [0, 0.05) is 10.8 Å². The van der Waals surface area contributed by atoms with Crippen LogP contribution in [0.3, 0.4) is 0 Å². The standard InChI is InChI=1S/C19H14FN3OS/c1-10-6-7-14-11(8-10)9-12-16(21)17(25-19(12)23-14)18(24)22-15-5-3-2-4-13(15)20/h2-9H,21H2,1H3,(H,22,24). The van der Waals surface area contributed by atoms with Crippen LogP contribution in [0.4, 0.5) is 15.8 Å². The Bertz CT molecular complexity index is 1140. The zero-order valence-electron chi connectivity index (χ0n) is 13.3. The van der Waals surface area contributed by atoms with Crippen molar-refractivity contribution in [3.63, 3.8) is 0 Å². The summed E-state index contributed by atoms with van der Waals surface area (Å²) in [5.41, 5.74) is 8.64. The van der Waals surface area contributed by atoms with Crippen molar-refractivity contribution in [3.8, 4) is 0 Å². The highest BCUT2D eigenvalue weighted by Crippen LogP contribution is 2.35. The van der Waals surface area contributed by atoms with Crippen LogP contribution in [-0.2, 0) is 0 Å². The van der Waals surface area contributed by atoms with Crippen molar-refractivity contribution in [2.24, 2.45) is 0 Å². The minimum atomic E-state index is -0.491. The largest absolute Gasteiger partial charge is 0.397 e. The van der Waals surface area contributed by atoms with Gasteiger partial charge < -0.3 is 11.1 Å². The fourth-order valence-electron chi connectivity index (χ4n) is 2.73. The molecule has 0 saturated carbocycles. The number of carbonyl (C=O) groups excluding carboxylic acids is 1. The number of nitrogens with two attached hydrogens (primary N) is 1. The first kappa shape index (κ1) is 15.5. The molecule has 0 bridgehead atoms. The molecule has 4 rings (SSSR count). The van der Waals surface area contributed by atoms with Crippen molar-refractivity contribution in [2.75, 3.05) is 11.1 Å². The van der Waals surface area contributed by atoms with Gasteiger partial charge in [-0.3, -0.25) is 4.79 Å². The van der Waals surface area contributed by atoms with Gasteiger partial charge in [0.05, 0.1) is 16.9 Å². The summed E-state index contributed by atoms with van der Waals surface area (Å²) < 4.78 is 13.7. The number of pyridine rings is 1. The number of rotatable bonds is 2. The summed E-state index contributed by atoms with van der Waals surface area (Å²) in [6.07, 6.45) is 0. The molecule has 0 spiro atoms. The summed E-state index contributed by atoms with van der Waals surface area (Å²) in [5.74, 6) is -0.930. The molecular formula is C19H14FN3OS. The van der Waals surface area contributed by atoms with E-state index in [0.717, 1.165) is 21.9 Å². The van der Waals surface area contributed by atoms with Gasteiger partial charge in [0.2, 0.25) is 0 Å². The first-order chi connectivity index (χ1) is 12.0. The zero-order valence-corrected chi connectivity index (χ0v) is 14.2. The van der Waals surface area contributed by atoms with Crippen molar-refractivity contribution in [3.05, 3.63) is 64.8 Å². The maximum Gasteiger partial charge on any atom is 0.268 e. The molecule has 124 valence electrons. The highest BCUT2D eigenvalue weighted by atomic mass is 32.1. The average Bonchev–Trinajstić information content (AvgIpc) is 2.91. The zero-order chi connectivity index (χ0) is 17.6. The quantitative estimate of drug-likeness (QED) is 0.548. The van der Waals surface area contributed by atoms with Crippen LogP contribution in [0.2, 0.25) is 0 Å². The van der Waals surface area contributed by atoms with Crippen LogP contribution < -0.4 is 11.1 Å². The van der Waals surface area contributed by atoms with Crippen molar-refractivity contribution in [1.82, 2.24) is 4.98 Å². The SMILES string of the molecule is Cc1ccc2nc3sc(C(=O)Nc4ccccc4F)c(N)c3cc2c1. The number of hydrogen-bond donors (Lipinski definition) is 2. The number of fused-ring (bicyclic) bond motifs is 2. The lowest BCUT2D eigenvalue weighted by Crippen LogP contribution is -2.12. The van der Waals surface area contributed by atoms with Gasteiger partial charge >= 0.3 is 0 Å². The number of para-hydroxylation sites is 1. The van der Waals surface area contributed by atoms with Crippen LogP contribution in [0.5, 0.6) is 0 Å². The number of thiophene rings is 1. The Balaban J connectivity index is 1.79. The fourth-order valence-corrected chi connectivity index (χ4v) is 3.71. The molecule has 0 fully saturated rings. The normalized spacial score (nSPS) is 11.1. The molecule has 4 aromatic rings. The number of carbonyl (C=O) groups is 1. The van der Waals surface area contributed by atoms with Crippen LogP contribution >= 0.6 is 11.3 Å². The smallest absolute Gasteiger partial charge is 0.268 e. The second-order valence-corrected chi connectivity index (χ2v) is 6.82. The van der Waals surface area contributed by atoms with Crippen molar-refractivity contribution < 1.29 is 9.18 Å². The van der Waals surface area contributed by atoms with Gasteiger partial charge in [0.1, 0.15) is 15.5 Å². The first-order valence-corrected chi connectivity index (χ1v) is 8.50. The molecule has 0 radical (unpaired) electrons. The van der Waals surface area contributed by atoms with Gasteiger partial charge in [-0.15, -0.1) is 11.3 Å². The Labute approximate surface area is 147 Å². The molecule has 0 saturated heterocycles. The number of aryl methyl sites for hydroxylation is 1. The summed E-state index contributed by atoms with van der Waals surface area (Å²) in [4.78, 5) is 18.1. The van der Waals surface area contributed by atoms with Gasteiger partial charge in [-0.2, -0.15) is 0 Å². The topological polar surface area (TPSA) is 68.0 Å². The maximum absolute atomic E-state index is 13.7. The molecule has 0 unspecified atom stereocenters. The molecule has 1 amide bonds. The van der Waals surface area contributed by atoms with E-state index < -0.39 is 11.7 Å². The van der Waals surface area contributed by atoms with Gasteiger partial charge in [-0.25, -0.2) is 9.37 Å². The first-order valence-electron chi connectivity index (χ1n) is 7.68. The third-order valence-electron chi connectivity index (χ3n) is 4.00. The Morgan fingerprint density at radius 3 is 2.80 bits per heavy atom. The molecule has 2 aromatic carbocycles. The van der Waals surface area contributed by atoms with Crippen LogP contribution in [0.1, 0.15) is 15.2 Å². The molecule has 2 aromatic heterocycles. The Morgan fingerprint density at radius 2 is 2.00 bits per heavy atom. The van der Waals surface area contributed by atoms with E-state index in [0.29, 0.717) is 15.4 Å². The fraction of sp³-hybridized carbons (Fsp3) is 0.0526. The van der Waals surface area contributed by atoms with Gasteiger partial charge in [-0.05, 0) is 37.3 Å². The van der Waals surface area contributed by atoms with E-state index in [1.54, 1.807) is 12.1 Å². The van der Waals surface area contributed by atoms with E-state index in [2.05, 4.69) is 10.3 Å². The molecule has 2 heterocycles. The second kappa shape index (κ2) is 5.82. The summed E-state index contributed by atoms with van der Waals surface area (Å²) in [6, 6.07) is 13.9. The molecule has 3 N–H and O–H groups in total. The van der Waals surface area contributed by atoms with Crippen LogP contribution in [-0.4, -0.2) is 10.9 Å².